The first-order chi connectivity index (χ1) is 11.6. The Morgan fingerprint density at radius 1 is 1.21 bits per heavy atom. The maximum atomic E-state index is 11.9. The summed E-state index contributed by atoms with van der Waals surface area (Å²) >= 11 is 1.30. The molecule has 6 heteroatoms. The molecular formula is C18H15NO4S. The van der Waals surface area contributed by atoms with Gasteiger partial charge in [-0.25, -0.2) is 0 Å². The molecule has 1 atom stereocenters. The number of aromatic nitrogens is 1. The van der Waals surface area contributed by atoms with Crippen LogP contribution in [0.25, 0.3) is 22.2 Å². The molecule has 3 aromatic rings. The van der Waals surface area contributed by atoms with Crippen LogP contribution in [0.5, 0.6) is 5.75 Å². The number of benzene rings is 2. The number of hydrogen-bond acceptors (Lipinski definition) is 4. The maximum absolute atomic E-state index is 11.9. The number of carboxylic acid groups (broad SMARTS) is 1. The average molecular weight is 341 g/mol. The van der Waals surface area contributed by atoms with Crippen molar-refractivity contribution < 1.29 is 20.1 Å². The van der Waals surface area contributed by atoms with Crippen molar-refractivity contribution in [2.24, 2.45) is 0 Å². The highest BCUT2D eigenvalue weighted by molar-refractivity contribution is 8.00. The number of thioether (sulfide) groups is 1. The highest BCUT2D eigenvalue weighted by Crippen LogP contribution is 2.52. The minimum atomic E-state index is -0.915. The van der Waals surface area contributed by atoms with Crippen LogP contribution in [0.15, 0.2) is 47.4 Å². The zero-order chi connectivity index (χ0) is 16.8. The number of rotatable bonds is 3. The second-order valence-corrected chi connectivity index (χ2v) is 6.82. The summed E-state index contributed by atoms with van der Waals surface area (Å²) in [6.07, 6.45) is 0. The fraction of sp³-hybridized carbons (Fsp3) is 0.167. The summed E-state index contributed by atoms with van der Waals surface area (Å²) in [5.41, 5.74) is 3.27. The molecule has 0 saturated heterocycles. The highest BCUT2D eigenvalue weighted by atomic mass is 32.2. The molecule has 2 heterocycles. The number of nitrogens with zero attached hydrogens (tertiary/aromatic N) is 1. The molecule has 1 unspecified atom stereocenters. The molecule has 5 nitrogen and oxygen atoms in total. The molecule has 3 N–H and O–H groups in total. The molecule has 2 aromatic carbocycles. The molecule has 0 spiro atoms. The van der Waals surface area contributed by atoms with Crippen LogP contribution in [0.4, 0.5) is 0 Å². The van der Waals surface area contributed by atoms with E-state index in [1.807, 2.05) is 28.8 Å². The van der Waals surface area contributed by atoms with Gasteiger partial charge in [0.25, 0.3) is 0 Å². The number of aliphatic hydroxyl groups is 1. The molecule has 4 rings (SSSR count). The van der Waals surface area contributed by atoms with Gasteiger partial charge in [0.1, 0.15) is 11.0 Å². The van der Waals surface area contributed by atoms with Gasteiger partial charge in [-0.1, -0.05) is 18.2 Å². The molecular weight excluding hydrogens is 326 g/mol. The molecule has 0 aliphatic carbocycles. The van der Waals surface area contributed by atoms with Crippen molar-refractivity contribution in [3.63, 3.8) is 0 Å². The van der Waals surface area contributed by atoms with Gasteiger partial charge in [0.15, 0.2) is 0 Å². The van der Waals surface area contributed by atoms with Gasteiger partial charge in [-0.3, -0.25) is 4.79 Å². The molecule has 1 aliphatic heterocycles. The topological polar surface area (TPSA) is 82.7 Å². The summed E-state index contributed by atoms with van der Waals surface area (Å²) in [6.45, 7) is 0.312. The van der Waals surface area contributed by atoms with Crippen LogP contribution in [0, 0.1) is 0 Å². The predicted molar refractivity (Wildman–Crippen MR) is 92.4 cm³/mol. The fourth-order valence-electron chi connectivity index (χ4n) is 3.38. The Morgan fingerprint density at radius 2 is 2.00 bits per heavy atom. The van der Waals surface area contributed by atoms with Crippen LogP contribution in [0.3, 0.4) is 0 Å². The molecule has 0 radical (unpaired) electrons. The number of phenolic OH excluding ortho intramolecular Hbond substituents is 1. The standard InChI is InChI=1S/C18H15NO4S/c20-8-7-19-13-6-5-10(21)9-12(13)15-16(19)11-3-1-2-4-14(11)24-17(15)18(22)23/h1-6,9,17,20-21H,7-8H2,(H,22,23). The van der Waals surface area contributed by atoms with Crippen molar-refractivity contribution in [1.29, 1.82) is 0 Å². The monoisotopic (exact) mass is 341 g/mol. The molecule has 1 aromatic heterocycles. The lowest BCUT2D eigenvalue weighted by atomic mass is 10.0. The fourth-order valence-corrected chi connectivity index (χ4v) is 4.54. The van der Waals surface area contributed by atoms with Gasteiger partial charge < -0.3 is 19.9 Å². The van der Waals surface area contributed by atoms with Gasteiger partial charge in [-0.2, -0.15) is 0 Å². The number of aliphatic carboxylic acids is 1. The third-order valence-electron chi connectivity index (χ3n) is 4.28. The van der Waals surface area contributed by atoms with E-state index in [0.717, 1.165) is 21.7 Å². The van der Waals surface area contributed by atoms with Gasteiger partial charge in [0.05, 0.1) is 12.3 Å². The van der Waals surface area contributed by atoms with Crippen molar-refractivity contribution >= 4 is 28.6 Å². The Hall–Kier alpha value is -2.44. The summed E-state index contributed by atoms with van der Waals surface area (Å²) in [7, 11) is 0. The van der Waals surface area contributed by atoms with Crippen molar-refractivity contribution in [3.8, 4) is 17.0 Å². The van der Waals surface area contributed by atoms with Crippen LogP contribution in [0.1, 0.15) is 10.8 Å². The number of carbonyl (C=O) groups is 1. The number of fused-ring (bicyclic) bond motifs is 5. The normalized spacial score (nSPS) is 16.0. The molecule has 0 bridgehead atoms. The van der Waals surface area contributed by atoms with E-state index >= 15 is 0 Å². The number of aliphatic hydroxyl groups excluding tert-OH is 1. The summed E-state index contributed by atoms with van der Waals surface area (Å²) in [5.74, 6) is -0.818. The lowest BCUT2D eigenvalue weighted by Gasteiger charge is -2.23. The van der Waals surface area contributed by atoms with Gasteiger partial charge in [-0.15, -0.1) is 11.8 Å². The minimum absolute atomic E-state index is 0.0514. The van der Waals surface area contributed by atoms with Crippen LogP contribution >= 0.6 is 11.8 Å². The predicted octanol–water partition coefficient (Wildman–Crippen LogP) is 3.24. The van der Waals surface area contributed by atoms with E-state index in [4.69, 9.17) is 0 Å². The SMILES string of the molecule is O=C(O)C1Sc2ccccc2-c2c1c1cc(O)ccc1n2CCO. The largest absolute Gasteiger partial charge is 0.508 e. The van der Waals surface area contributed by atoms with Crippen molar-refractivity contribution in [3.05, 3.63) is 48.0 Å². The third kappa shape index (κ3) is 2.11. The molecule has 1 aliphatic rings. The Morgan fingerprint density at radius 3 is 2.75 bits per heavy atom. The summed E-state index contributed by atoms with van der Waals surface area (Å²) in [5, 5.41) is 29.1. The van der Waals surface area contributed by atoms with E-state index in [1.54, 1.807) is 18.2 Å². The maximum Gasteiger partial charge on any atom is 0.321 e. The zero-order valence-electron chi connectivity index (χ0n) is 12.6. The van der Waals surface area contributed by atoms with Crippen LogP contribution < -0.4 is 0 Å². The summed E-state index contributed by atoms with van der Waals surface area (Å²) in [4.78, 5) is 12.8. The summed E-state index contributed by atoms with van der Waals surface area (Å²) in [6, 6.07) is 12.6. The first-order valence-electron chi connectivity index (χ1n) is 7.56. The summed E-state index contributed by atoms with van der Waals surface area (Å²) < 4.78 is 1.94. The van der Waals surface area contributed by atoms with E-state index in [2.05, 4.69) is 0 Å². The van der Waals surface area contributed by atoms with E-state index in [9.17, 15) is 20.1 Å². The molecule has 0 saturated carbocycles. The van der Waals surface area contributed by atoms with Gasteiger partial charge in [-0.05, 0) is 24.3 Å². The van der Waals surface area contributed by atoms with Crippen LogP contribution in [0.2, 0.25) is 0 Å². The van der Waals surface area contributed by atoms with E-state index in [0.29, 0.717) is 17.5 Å². The highest BCUT2D eigenvalue weighted by Gasteiger charge is 2.35. The second-order valence-electron chi connectivity index (χ2n) is 5.67. The van der Waals surface area contributed by atoms with Gasteiger partial charge in [0.2, 0.25) is 0 Å². The van der Waals surface area contributed by atoms with E-state index < -0.39 is 11.2 Å². The quantitative estimate of drug-likeness (QED) is 0.681. The first-order valence-corrected chi connectivity index (χ1v) is 8.44. The van der Waals surface area contributed by atoms with Crippen molar-refractivity contribution in [1.82, 2.24) is 4.57 Å². The van der Waals surface area contributed by atoms with E-state index in [-0.39, 0.29) is 12.4 Å². The Labute approximate surface area is 142 Å². The van der Waals surface area contributed by atoms with Gasteiger partial charge in [0, 0.05) is 33.5 Å². The van der Waals surface area contributed by atoms with Gasteiger partial charge >= 0.3 is 5.97 Å². The molecule has 122 valence electrons. The number of hydrogen-bond donors (Lipinski definition) is 3. The lowest BCUT2D eigenvalue weighted by Crippen LogP contribution is -2.14. The Kier molecular flexibility index (Phi) is 3.51. The third-order valence-corrected chi connectivity index (χ3v) is 5.57. The lowest BCUT2D eigenvalue weighted by molar-refractivity contribution is -0.136. The van der Waals surface area contributed by atoms with Crippen LogP contribution in [-0.4, -0.2) is 32.5 Å². The van der Waals surface area contributed by atoms with Crippen LogP contribution in [-0.2, 0) is 11.3 Å². The second kappa shape index (κ2) is 5.58. The first kappa shape index (κ1) is 15.1. The minimum Gasteiger partial charge on any atom is -0.508 e. The average Bonchev–Trinajstić information content (AvgIpc) is 2.88. The smallest absolute Gasteiger partial charge is 0.321 e. The Balaban J connectivity index is 2.15. The van der Waals surface area contributed by atoms with Crippen molar-refractivity contribution in [2.75, 3.05) is 6.61 Å². The zero-order valence-corrected chi connectivity index (χ0v) is 13.5. The molecule has 24 heavy (non-hydrogen) atoms. The van der Waals surface area contributed by atoms with Crippen molar-refractivity contribution in [2.45, 2.75) is 16.7 Å². The number of carboxylic acids is 1. The Bertz CT molecular complexity index is 963. The number of phenols is 1. The molecule has 0 fully saturated rings. The van der Waals surface area contributed by atoms with E-state index in [1.165, 1.54) is 11.8 Å². The number of aromatic hydroxyl groups is 1. The molecule has 0 amide bonds.